The first-order valence-corrected chi connectivity index (χ1v) is 16.8. The Kier molecular flexibility index (Phi) is 8.42. The Morgan fingerprint density at radius 2 is 1.22 bits per heavy atom. The van der Waals surface area contributed by atoms with E-state index in [1.165, 1.54) is 12.1 Å². The van der Waals surface area contributed by atoms with Crippen LogP contribution in [0.4, 0.5) is 22.0 Å². The van der Waals surface area contributed by atoms with Gasteiger partial charge in [-0.05, 0) is 35.9 Å². The summed E-state index contributed by atoms with van der Waals surface area (Å²) in [7, 11) is -5.38. The molecule has 0 bridgehead atoms. The number of phenols is 1. The highest BCUT2D eigenvalue weighted by Crippen LogP contribution is 2.43. The lowest BCUT2D eigenvalue weighted by molar-refractivity contribution is -0.181. The quantitative estimate of drug-likeness (QED) is 0.116. The van der Waals surface area contributed by atoms with Gasteiger partial charge in [-0.25, -0.2) is 23.7 Å². The third kappa shape index (κ3) is 7.22. The Morgan fingerprint density at radius 1 is 0.647 bits per heavy atom. The van der Waals surface area contributed by atoms with Crippen LogP contribution in [-0.4, -0.2) is 46.3 Å². The molecule has 0 aliphatic carbocycles. The van der Waals surface area contributed by atoms with Crippen LogP contribution in [0.1, 0.15) is 6.42 Å². The molecule has 258 valence electrons. The van der Waals surface area contributed by atoms with Gasteiger partial charge in [-0.3, -0.25) is 0 Å². The molecule has 0 aliphatic heterocycles. The maximum Gasteiger partial charge on any atom is 0.394 e. The van der Waals surface area contributed by atoms with Crippen molar-refractivity contribution in [2.75, 3.05) is 5.75 Å². The Labute approximate surface area is 287 Å². The van der Waals surface area contributed by atoms with E-state index in [1.807, 2.05) is 6.07 Å². The van der Waals surface area contributed by atoms with Crippen LogP contribution >= 0.6 is 0 Å². The van der Waals surface area contributed by atoms with E-state index < -0.39 is 40.1 Å². The number of alkyl halides is 5. The molecule has 14 heteroatoms. The zero-order valence-corrected chi connectivity index (χ0v) is 26.9. The number of para-hydroxylation sites is 1. The molecule has 0 spiro atoms. The standard InChI is InChI=1S/C37H24F5N3O5S/c38-36(39,20-37(40,41)42)21-51(47,48)50-30-19-24(25-17-18-27-26-13-7-8-14-29(26)49-32(27)31(25)46)15-16-28(30)35-44-33(22-9-3-1-4-10-22)43-34(45-35)23-11-5-2-6-12-23/h1-19,46H,20-21H2. The Balaban J connectivity index is 1.40. The fraction of sp³-hybridized carbons (Fsp3) is 0.108. The Morgan fingerprint density at radius 3 is 1.84 bits per heavy atom. The maximum absolute atomic E-state index is 14.4. The number of halogens is 5. The molecule has 2 aromatic heterocycles. The first-order valence-electron chi connectivity index (χ1n) is 15.3. The van der Waals surface area contributed by atoms with Crippen molar-refractivity contribution in [1.82, 2.24) is 15.0 Å². The van der Waals surface area contributed by atoms with Crippen LogP contribution < -0.4 is 4.18 Å². The zero-order valence-electron chi connectivity index (χ0n) is 26.1. The molecule has 8 nitrogen and oxygen atoms in total. The van der Waals surface area contributed by atoms with E-state index in [9.17, 15) is 35.5 Å². The summed E-state index contributed by atoms with van der Waals surface area (Å²) in [5.41, 5.74) is 1.99. The predicted molar refractivity (Wildman–Crippen MR) is 181 cm³/mol. The summed E-state index contributed by atoms with van der Waals surface area (Å²) in [6, 6.07) is 31.8. The molecule has 0 aliphatic rings. The van der Waals surface area contributed by atoms with E-state index in [0.717, 1.165) is 11.5 Å². The number of furan rings is 1. The SMILES string of the molecule is O=S(=O)(CC(F)(F)CC(F)(F)F)Oc1cc(-c2ccc3c(oc4ccccc43)c2O)ccc1-c1nc(-c2ccccc2)nc(-c2ccccc2)n1. The number of rotatable bonds is 9. The van der Waals surface area contributed by atoms with Gasteiger partial charge < -0.3 is 13.7 Å². The number of hydrogen-bond acceptors (Lipinski definition) is 8. The van der Waals surface area contributed by atoms with E-state index in [4.69, 9.17) is 8.60 Å². The van der Waals surface area contributed by atoms with Gasteiger partial charge in [-0.1, -0.05) is 84.9 Å². The minimum Gasteiger partial charge on any atom is -0.504 e. The van der Waals surface area contributed by atoms with Crippen molar-refractivity contribution in [3.05, 3.63) is 115 Å². The van der Waals surface area contributed by atoms with Crippen LogP contribution in [0, 0.1) is 0 Å². The van der Waals surface area contributed by atoms with Crippen molar-refractivity contribution in [3.63, 3.8) is 0 Å². The molecule has 0 saturated carbocycles. The van der Waals surface area contributed by atoms with Crippen molar-refractivity contribution in [2.24, 2.45) is 0 Å². The largest absolute Gasteiger partial charge is 0.504 e. The molecule has 5 aromatic carbocycles. The molecule has 0 saturated heterocycles. The smallest absolute Gasteiger partial charge is 0.394 e. The lowest BCUT2D eigenvalue weighted by Crippen LogP contribution is -2.35. The van der Waals surface area contributed by atoms with Gasteiger partial charge in [0, 0.05) is 27.5 Å². The van der Waals surface area contributed by atoms with E-state index >= 15 is 0 Å². The van der Waals surface area contributed by atoms with E-state index in [1.54, 1.807) is 91.0 Å². The van der Waals surface area contributed by atoms with Crippen molar-refractivity contribution < 1.29 is 44.1 Å². The predicted octanol–water partition coefficient (Wildman–Crippen LogP) is 9.44. The molecule has 7 aromatic rings. The van der Waals surface area contributed by atoms with Crippen molar-refractivity contribution in [1.29, 1.82) is 0 Å². The highest BCUT2D eigenvalue weighted by atomic mass is 32.2. The lowest BCUT2D eigenvalue weighted by atomic mass is 10.00. The molecular formula is C37H24F5N3O5S. The molecule has 0 amide bonds. The molecule has 0 atom stereocenters. The summed E-state index contributed by atoms with van der Waals surface area (Å²) in [6.07, 6.45) is -8.02. The molecule has 0 radical (unpaired) electrons. The van der Waals surface area contributed by atoms with Crippen LogP contribution in [-0.2, 0) is 10.1 Å². The summed E-state index contributed by atoms with van der Waals surface area (Å²) in [6.45, 7) is 0. The molecular weight excluding hydrogens is 693 g/mol. The third-order valence-electron chi connectivity index (χ3n) is 7.82. The second kappa shape index (κ2) is 12.8. The molecule has 2 heterocycles. The monoisotopic (exact) mass is 717 g/mol. The van der Waals surface area contributed by atoms with Gasteiger partial charge in [-0.15, -0.1) is 0 Å². The van der Waals surface area contributed by atoms with Crippen molar-refractivity contribution in [2.45, 2.75) is 18.5 Å². The number of nitrogens with zero attached hydrogens (tertiary/aromatic N) is 3. The van der Waals surface area contributed by atoms with Gasteiger partial charge in [0.25, 0.3) is 5.92 Å². The fourth-order valence-corrected chi connectivity index (χ4v) is 6.74. The van der Waals surface area contributed by atoms with Gasteiger partial charge in [0.15, 0.2) is 40.3 Å². The summed E-state index contributed by atoms with van der Waals surface area (Å²) in [5, 5.41) is 12.6. The van der Waals surface area contributed by atoms with Crippen LogP contribution in [0.5, 0.6) is 11.5 Å². The highest BCUT2D eigenvalue weighted by Gasteiger charge is 2.47. The molecule has 51 heavy (non-hydrogen) atoms. The second-order valence-electron chi connectivity index (χ2n) is 11.6. The fourth-order valence-electron chi connectivity index (χ4n) is 5.65. The van der Waals surface area contributed by atoms with Gasteiger partial charge in [0.05, 0.1) is 5.56 Å². The van der Waals surface area contributed by atoms with Crippen molar-refractivity contribution >= 4 is 32.1 Å². The normalized spacial score (nSPS) is 12.4. The lowest BCUT2D eigenvalue weighted by Gasteiger charge is -2.19. The van der Waals surface area contributed by atoms with E-state index in [0.29, 0.717) is 22.1 Å². The molecule has 0 unspecified atom stereocenters. The maximum atomic E-state index is 14.4. The topological polar surface area (TPSA) is 115 Å². The van der Waals surface area contributed by atoms with Crippen LogP contribution in [0.3, 0.4) is 0 Å². The number of fused-ring (bicyclic) bond motifs is 3. The zero-order chi connectivity index (χ0) is 36.0. The van der Waals surface area contributed by atoms with Gasteiger partial charge in [0.2, 0.25) is 0 Å². The number of aromatic nitrogens is 3. The van der Waals surface area contributed by atoms with Crippen LogP contribution in [0.2, 0.25) is 0 Å². The van der Waals surface area contributed by atoms with Gasteiger partial charge in [-0.2, -0.15) is 21.6 Å². The summed E-state index contributed by atoms with van der Waals surface area (Å²) in [5.74, 6) is -7.61. The van der Waals surface area contributed by atoms with E-state index in [-0.39, 0.29) is 45.5 Å². The number of hydrogen-bond donors (Lipinski definition) is 1. The minimum absolute atomic E-state index is 0.109. The second-order valence-corrected chi connectivity index (χ2v) is 13.2. The average molecular weight is 718 g/mol. The third-order valence-corrected chi connectivity index (χ3v) is 9.03. The summed E-state index contributed by atoms with van der Waals surface area (Å²) < 4.78 is 105. The van der Waals surface area contributed by atoms with Gasteiger partial charge >= 0.3 is 16.3 Å². The number of aromatic hydroxyl groups is 1. The highest BCUT2D eigenvalue weighted by molar-refractivity contribution is 7.87. The summed E-state index contributed by atoms with van der Waals surface area (Å²) in [4.78, 5) is 13.7. The first-order chi connectivity index (χ1) is 24.3. The minimum atomic E-state index is -5.38. The average Bonchev–Trinajstić information content (AvgIpc) is 3.47. The first kappa shape index (κ1) is 33.6. The van der Waals surface area contributed by atoms with Crippen LogP contribution in [0.15, 0.2) is 120 Å². The molecule has 1 N–H and O–H groups in total. The Hall–Kier alpha value is -5.89. The van der Waals surface area contributed by atoms with Crippen LogP contribution in [0.25, 0.3) is 67.2 Å². The molecule has 7 rings (SSSR count). The number of phenolic OH excluding ortho intramolecular Hbond substituents is 1. The summed E-state index contributed by atoms with van der Waals surface area (Å²) >= 11 is 0. The number of benzene rings is 5. The van der Waals surface area contributed by atoms with Gasteiger partial charge in [0.1, 0.15) is 12.0 Å². The Bertz CT molecular complexity index is 2450. The van der Waals surface area contributed by atoms with E-state index in [2.05, 4.69) is 15.0 Å². The van der Waals surface area contributed by atoms with Crippen molar-refractivity contribution in [3.8, 4) is 56.8 Å². The molecule has 0 fully saturated rings.